The van der Waals surface area contributed by atoms with Gasteiger partial charge in [-0.2, -0.15) is 0 Å². The van der Waals surface area contributed by atoms with Gasteiger partial charge in [0.15, 0.2) is 16.3 Å². The maximum Gasteiger partial charge on any atom is 0.338 e. The van der Waals surface area contributed by atoms with Gasteiger partial charge in [-0.05, 0) is 54.8 Å². The van der Waals surface area contributed by atoms with Gasteiger partial charge in [-0.15, -0.1) is 0 Å². The maximum absolute atomic E-state index is 13.7. The van der Waals surface area contributed by atoms with Gasteiger partial charge in [0.1, 0.15) is 0 Å². The van der Waals surface area contributed by atoms with Gasteiger partial charge in [-0.3, -0.25) is 19.5 Å². The number of thiazole rings is 1. The van der Waals surface area contributed by atoms with Crippen LogP contribution in [0.3, 0.4) is 0 Å². The minimum absolute atomic E-state index is 0.0435. The summed E-state index contributed by atoms with van der Waals surface area (Å²) in [5.41, 5.74) is 1.53. The highest BCUT2D eigenvalue weighted by molar-refractivity contribution is 7.07. The molecule has 1 aliphatic heterocycles. The molecular formula is C27H27N3O7S. The molecule has 11 heteroatoms. The number of nitro benzene ring substituents is 1. The van der Waals surface area contributed by atoms with Crippen LogP contribution >= 0.6 is 11.3 Å². The molecule has 1 aliphatic rings. The lowest BCUT2D eigenvalue weighted by Crippen LogP contribution is -2.39. The molecule has 0 saturated heterocycles. The minimum atomic E-state index is -0.809. The normalized spacial score (nSPS) is 15.1. The summed E-state index contributed by atoms with van der Waals surface area (Å²) in [6.07, 6.45) is 3.53. The van der Waals surface area contributed by atoms with Crippen molar-refractivity contribution in [2.24, 2.45) is 4.99 Å². The van der Waals surface area contributed by atoms with Gasteiger partial charge in [0.25, 0.3) is 11.2 Å². The fourth-order valence-corrected chi connectivity index (χ4v) is 5.20. The van der Waals surface area contributed by atoms with E-state index in [4.69, 9.17) is 14.2 Å². The lowest BCUT2D eigenvalue weighted by atomic mass is 9.95. The van der Waals surface area contributed by atoms with Crippen molar-refractivity contribution < 1.29 is 23.9 Å². The number of fused-ring (bicyclic) bond motifs is 1. The van der Waals surface area contributed by atoms with E-state index in [0.717, 1.165) is 12.8 Å². The van der Waals surface area contributed by atoms with Crippen LogP contribution in [0.2, 0.25) is 0 Å². The van der Waals surface area contributed by atoms with E-state index >= 15 is 0 Å². The van der Waals surface area contributed by atoms with Crippen molar-refractivity contribution in [2.75, 3.05) is 20.8 Å². The third-order valence-electron chi connectivity index (χ3n) is 6.09. The van der Waals surface area contributed by atoms with Gasteiger partial charge < -0.3 is 14.2 Å². The van der Waals surface area contributed by atoms with E-state index < -0.39 is 16.9 Å². The van der Waals surface area contributed by atoms with Crippen LogP contribution in [0, 0.1) is 10.1 Å². The molecule has 38 heavy (non-hydrogen) atoms. The number of esters is 1. The maximum atomic E-state index is 13.7. The number of carbonyl (C=O) groups excluding carboxylic acids is 1. The van der Waals surface area contributed by atoms with E-state index in [2.05, 4.69) is 11.9 Å². The highest BCUT2D eigenvalue weighted by atomic mass is 32.1. The van der Waals surface area contributed by atoms with Crippen molar-refractivity contribution >= 4 is 29.1 Å². The zero-order valence-electron chi connectivity index (χ0n) is 21.4. The van der Waals surface area contributed by atoms with Crippen LogP contribution in [0.1, 0.15) is 43.9 Å². The molecule has 1 atom stereocenters. The van der Waals surface area contributed by atoms with Crippen LogP contribution in [0.4, 0.5) is 5.69 Å². The Morgan fingerprint density at radius 2 is 1.92 bits per heavy atom. The van der Waals surface area contributed by atoms with Gasteiger partial charge in [0.2, 0.25) is 0 Å². The van der Waals surface area contributed by atoms with Crippen LogP contribution in [-0.2, 0) is 9.53 Å². The average molecular weight is 538 g/mol. The SMILES string of the molecule is CCCCOc1ccc(C2C(C(=O)OC)=C(C)N=c3sc(=Cc4ccc([N+](=O)[O-])cc4)c(=O)n32)cc1OC. The topological polar surface area (TPSA) is 122 Å². The van der Waals surface area contributed by atoms with Gasteiger partial charge in [0, 0.05) is 12.1 Å². The number of rotatable bonds is 9. The molecular weight excluding hydrogens is 510 g/mol. The molecule has 3 aromatic rings. The number of allylic oxidation sites excluding steroid dienone is 1. The number of carbonyl (C=O) groups is 1. The summed E-state index contributed by atoms with van der Waals surface area (Å²) in [6, 6.07) is 10.4. The summed E-state index contributed by atoms with van der Waals surface area (Å²) in [5.74, 6) is 0.448. The van der Waals surface area contributed by atoms with Gasteiger partial charge in [-0.1, -0.05) is 30.7 Å². The lowest BCUT2D eigenvalue weighted by molar-refractivity contribution is -0.384. The van der Waals surface area contributed by atoms with Gasteiger partial charge in [-0.25, -0.2) is 9.79 Å². The number of nitrogens with zero attached hydrogens (tertiary/aromatic N) is 3. The molecule has 0 bridgehead atoms. The van der Waals surface area contributed by atoms with Gasteiger partial charge in [0.05, 0.1) is 47.6 Å². The summed E-state index contributed by atoms with van der Waals surface area (Å²) >= 11 is 1.17. The second-order valence-electron chi connectivity index (χ2n) is 8.53. The third-order valence-corrected chi connectivity index (χ3v) is 7.07. The molecule has 4 rings (SSSR count). The van der Waals surface area contributed by atoms with Crippen LogP contribution < -0.4 is 24.4 Å². The van der Waals surface area contributed by atoms with E-state index in [1.54, 1.807) is 43.3 Å². The van der Waals surface area contributed by atoms with E-state index in [0.29, 0.717) is 44.3 Å². The molecule has 0 aliphatic carbocycles. The molecule has 10 nitrogen and oxygen atoms in total. The standard InChI is InChI=1S/C27H27N3O7S/c1-5-6-13-37-20-12-9-18(15-21(20)35-3)24-23(26(32)36-4)16(2)28-27-29(24)25(31)22(38-27)14-17-7-10-19(11-8-17)30(33)34/h7-12,14-15,24H,5-6,13H2,1-4H3. The first-order chi connectivity index (χ1) is 18.3. The zero-order valence-corrected chi connectivity index (χ0v) is 22.2. The largest absolute Gasteiger partial charge is 0.493 e. The number of hydrogen-bond acceptors (Lipinski definition) is 9. The van der Waals surface area contributed by atoms with E-state index in [-0.39, 0.29) is 16.8 Å². The fourth-order valence-electron chi connectivity index (χ4n) is 4.15. The highest BCUT2D eigenvalue weighted by Gasteiger charge is 2.33. The van der Waals surface area contributed by atoms with Crippen molar-refractivity contribution in [1.82, 2.24) is 4.57 Å². The first-order valence-electron chi connectivity index (χ1n) is 11.9. The molecule has 0 saturated carbocycles. The molecule has 0 N–H and O–H groups in total. The second kappa shape index (κ2) is 11.4. The Balaban J connectivity index is 1.87. The number of benzene rings is 2. The molecule has 0 radical (unpaired) electrons. The third kappa shape index (κ3) is 5.23. The molecule has 0 spiro atoms. The number of methoxy groups -OCH3 is 2. The molecule has 0 amide bonds. The summed E-state index contributed by atoms with van der Waals surface area (Å²) in [7, 11) is 2.81. The smallest absolute Gasteiger partial charge is 0.338 e. The number of non-ortho nitro benzene ring substituents is 1. The number of nitro groups is 1. The Bertz CT molecular complexity index is 1590. The van der Waals surface area contributed by atoms with Crippen molar-refractivity contribution in [1.29, 1.82) is 0 Å². The quantitative estimate of drug-likeness (QED) is 0.177. The molecule has 2 aromatic carbocycles. The summed E-state index contributed by atoms with van der Waals surface area (Å²) in [4.78, 5) is 42.0. The molecule has 2 heterocycles. The first kappa shape index (κ1) is 26.8. The van der Waals surface area contributed by atoms with Crippen LogP contribution in [0.25, 0.3) is 6.08 Å². The van der Waals surface area contributed by atoms with Crippen molar-refractivity contribution in [3.05, 3.63) is 94.7 Å². The van der Waals surface area contributed by atoms with Crippen LogP contribution in [-0.4, -0.2) is 36.3 Å². The second-order valence-corrected chi connectivity index (χ2v) is 9.54. The minimum Gasteiger partial charge on any atom is -0.493 e. The highest BCUT2D eigenvalue weighted by Crippen LogP contribution is 2.36. The summed E-state index contributed by atoms with van der Waals surface area (Å²) in [6.45, 7) is 4.31. The predicted molar refractivity (Wildman–Crippen MR) is 142 cm³/mol. The molecule has 198 valence electrons. The zero-order chi connectivity index (χ0) is 27.4. The van der Waals surface area contributed by atoms with Gasteiger partial charge >= 0.3 is 5.97 Å². The van der Waals surface area contributed by atoms with E-state index in [9.17, 15) is 19.7 Å². The van der Waals surface area contributed by atoms with Crippen LogP contribution in [0.15, 0.2) is 63.5 Å². The predicted octanol–water partition coefficient (Wildman–Crippen LogP) is 3.50. The van der Waals surface area contributed by atoms with Crippen molar-refractivity contribution in [3.63, 3.8) is 0 Å². The Kier molecular flexibility index (Phi) is 8.06. The monoisotopic (exact) mass is 537 g/mol. The fraction of sp³-hybridized carbons (Fsp3) is 0.296. The van der Waals surface area contributed by atoms with E-state index in [1.807, 2.05) is 0 Å². The van der Waals surface area contributed by atoms with Crippen LogP contribution in [0.5, 0.6) is 11.5 Å². The molecule has 0 fully saturated rings. The lowest BCUT2D eigenvalue weighted by Gasteiger charge is -2.25. The Morgan fingerprint density at radius 1 is 1.18 bits per heavy atom. The Labute approximate surface area is 222 Å². The number of hydrogen-bond donors (Lipinski definition) is 0. The first-order valence-corrected chi connectivity index (χ1v) is 12.8. The number of unbranched alkanes of at least 4 members (excludes halogenated alkanes) is 1. The number of aromatic nitrogens is 1. The Hall–Kier alpha value is -4.25. The molecule has 1 unspecified atom stereocenters. The number of ether oxygens (including phenoxy) is 3. The summed E-state index contributed by atoms with van der Waals surface area (Å²) < 4.78 is 18.3. The summed E-state index contributed by atoms with van der Waals surface area (Å²) in [5, 5.41) is 11.0. The average Bonchev–Trinajstić information content (AvgIpc) is 3.22. The molecule has 1 aromatic heterocycles. The van der Waals surface area contributed by atoms with Crippen molar-refractivity contribution in [2.45, 2.75) is 32.7 Å². The Morgan fingerprint density at radius 3 is 2.55 bits per heavy atom. The van der Waals surface area contributed by atoms with Crippen molar-refractivity contribution in [3.8, 4) is 11.5 Å². The van der Waals surface area contributed by atoms with E-state index in [1.165, 1.54) is 42.3 Å².